The van der Waals surface area contributed by atoms with E-state index in [2.05, 4.69) is 21.3 Å². The first-order valence-corrected chi connectivity index (χ1v) is 9.76. The van der Waals surface area contributed by atoms with Crippen LogP contribution in [-0.4, -0.2) is 24.1 Å². The summed E-state index contributed by atoms with van der Waals surface area (Å²) in [6, 6.07) is 15.1. The average molecular weight is 380 g/mol. The number of carbonyl (C=O) groups excluding carboxylic acids is 2. The van der Waals surface area contributed by atoms with Crippen LogP contribution in [0, 0.1) is 13.8 Å². The Labute approximate surface area is 166 Å². The van der Waals surface area contributed by atoms with Crippen LogP contribution in [0.5, 0.6) is 0 Å². The van der Waals surface area contributed by atoms with Crippen molar-refractivity contribution in [3.8, 4) is 0 Å². The van der Waals surface area contributed by atoms with Gasteiger partial charge in [-0.3, -0.25) is 0 Å². The van der Waals surface area contributed by atoms with Gasteiger partial charge in [-0.25, -0.2) is 9.59 Å². The van der Waals surface area contributed by atoms with Gasteiger partial charge in [-0.2, -0.15) is 0 Å². The van der Waals surface area contributed by atoms with Crippen LogP contribution in [0.4, 0.5) is 21.0 Å². The summed E-state index contributed by atoms with van der Waals surface area (Å²) in [6.07, 6.45) is 3.52. The quantitative estimate of drug-likeness (QED) is 0.627. The fraction of sp³-hybridized carbons (Fsp3) is 0.364. The van der Waals surface area contributed by atoms with Gasteiger partial charge in [-0.1, -0.05) is 24.3 Å². The van der Waals surface area contributed by atoms with E-state index in [1.165, 1.54) is 0 Å². The van der Waals surface area contributed by atoms with Crippen molar-refractivity contribution in [2.45, 2.75) is 51.6 Å². The molecular formula is C22H28N4O2. The van der Waals surface area contributed by atoms with Gasteiger partial charge in [0.15, 0.2) is 0 Å². The molecule has 2 aromatic rings. The summed E-state index contributed by atoms with van der Waals surface area (Å²) < 4.78 is 0. The number of anilines is 2. The second kappa shape index (κ2) is 9.26. The Hall–Kier alpha value is -3.02. The van der Waals surface area contributed by atoms with Crippen molar-refractivity contribution < 1.29 is 9.59 Å². The molecule has 6 heteroatoms. The van der Waals surface area contributed by atoms with Crippen LogP contribution in [0.3, 0.4) is 0 Å². The molecule has 0 radical (unpaired) electrons. The molecular weight excluding hydrogens is 352 g/mol. The Bertz CT molecular complexity index is 769. The summed E-state index contributed by atoms with van der Waals surface area (Å²) in [7, 11) is 0. The Morgan fingerprint density at radius 3 is 1.68 bits per heavy atom. The highest BCUT2D eigenvalue weighted by Gasteiger charge is 2.24. The van der Waals surface area contributed by atoms with Gasteiger partial charge in [0.25, 0.3) is 0 Å². The van der Waals surface area contributed by atoms with Crippen LogP contribution in [0.1, 0.15) is 36.8 Å². The molecule has 1 fully saturated rings. The molecule has 1 aliphatic carbocycles. The van der Waals surface area contributed by atoms with Crippen molar-refractivity contribution in [2.24, 2.45) is 0 Å². The van der Waals surface area contributed by atoms with Gasteiger partial charge in [-0.15, -0.1) is 0 Å². The van der Waals surface area contributed by atoms with Crippen molar-refractivity contribution in [3.05, 3.63) is 59.7 Å². The molecule has 28 heavy (non-hydrogen) atoms. The Balaban J connectivity index is 1.46. The van der Waals surface area contributed by atoms with Gasteiger partial charge in [0.05, 0.1) is 0 Å². The molecule has 6 nitrogen and oxygen atoms in total. The van der Waals surface area contributed by atoms with E-state index in [1.54, 1.807) is 0 Å². The molecule has 0 saturated heterocycles. The lowest BCUT2D eigenvalue weighted by Crippen LogP contribution is -2.47. The average Bonchev–Trinajstić information content (AvgIpc) is 2.61. The Kier molecular flexibility index (Phi) is 6.53. The zero-order valence-corrected chi connectivity index (χ0v) is 16.4. The molecule has 1 saturated carbocycles. The van der Waals surface area contributed by atoms with E-state index in [-0.39, 0.29) is 24.1 Å². The smallest absolute Gasteiger partial charge is 0.319 e. The highest BCUT2D eigenvalue weighted by atomic mass is 16.2. The van der Waals surface area contributed by atoms with Crippen LogP contribution in [-0.2, 0) is 0 Å². The predicted octanol–water partition coefficient (Wildman–Crippen LogP) is 4.56. The van der Waals surface area contributed by atoms with Crippen LogP contribution in [0.15, 0.2) is 48.5 Å². The second-order valence-electron chi connectivity index (χ2n) is 7.50. The number of urea groups is 2. The van der Waals surface area contributed by atoms with Crippen LogP contribution in [0.2, 0.25) is 0 Å². The van der Waals surface area contributed by atoms with Crippen LogP contribution in [0.25, 0.3) is 0 Å². The first-order chi connectivity index (χ1) is 13.5. The maximum Gasteiger partial charge on any atom is 0.319 e. The molecule has 2 atom stereocenters. The van der Waals surface area contributed by atoms with Gasteiger partial charge >= 0.3 is 12.1 Å². The third kappa shape index (κ3) is 6.01. The normalized spacial score (nSPS) is 18.8. The number of carbonyl (C=O) groups is 2. The standard InChI is InChI=1S/C22H28N4O2/c1-15-6-3-8-17(12-15)23-21(27)25-19-10-5-11-20(14-19)26-22(28)24-18-9-4-7-16(2)13-18/h3-4,6-9,12-13,19-20H,5,10-11,14H2,1-2H3,(H2,23,25,27)(H2,24,26,28). The molecule has 148 valence electrons. The van der Waals surface area contributed by atoms with Crippen molar-refractivity contribution in [2.75, 3.05) is 10.6 Å². The van der Waals surface area contributed by atoms with E-state index in [0.29, 0.717) is 0 Å². The largest absolute Gasteiger partial charge is 0.335 e. The van der Waals surface area contributed by atoms with Crippen molar-refractivity contribution in [1.82, 2.24) is 10.6 Å². The SMILES string of the molecule is Cc1cccc(NC(=O)NC2CCCC(NC(=O)Nc3cccc(C)c3)C2)c1. The highest BCUT2D eigenvalue weighted by molar-refractivity contribution is 5.90. The van der Waals surface area contributed by atoms with Crippen LogP contribution < -0.4 is 21.3 Å². The van der Waals surface area contributed by atoms with Crippen LogP contribution >= 0.6 is 0 Å². The van der Waals surface area contributed by atoms with E-state index < -0.39 is 0 Å². The minimum atomic E-state index is -0.208. The number of hydrogen-bond donors (Lipinski definition) is 4. The lowest BCUT2D eigenvalue weighted by Gasteiger charge is -2.30. The summed E-state index contributed by atoms with van der Waals surface area (Å²) in [5.41, 5.74) is 3.75. The number of amides is 4. The summed E-state index contributed by atoms with van der Waals surface area (Å²) in [4.78, 5) is 24.5. The summed E-state index contributed by atoms with van der Waals surface area (Å²) in [6.45, 7) is 3.98. The summed E-state index contributed by atoms with van der Waals surface area (Å²) in [5.74, 6) is 0. The van der Waals surface area contributed by atoms with E-state index >= 15 is 0 Å². The molecule has 0 aromatic heterocycles. The maximum absolute atomic E-state index is 12.3. The lowest BCUT2D eigenvalue weighted by molar-refractivity contribution is 0.233. The second-order valence-corrected chi connectivity index (χ2v) is 7.50. The predicted molar refractivity (Wildman–Crippen MR) is 113 cm³/mol. The molecule has 3 rings (SSSR count). The minimum Gasteiger partial charge on any atom is -0.335 e. The Morgan fingerprint density at radius 1 is 0.786 bits per heavy atom. The molecule has 2 aromatic carbocycles. The molecule has 0 bridgehead atoms. The fourth-order valence-corrected chi connectivity index (χ4v) is 3.60. The maximum atomic E-state index is 12.3. The fourth-order valence-electron chi connectivity index (χ4n) is 3.60. The van der Waals surface area contributed by atoms with E-state index in [1.807, 2.05) is 62.4 Å². The third-order valence-electron chi connectivity index (χ3n) is 4.90. The topological polar surface area (TPSA) is 82.3 Å². The zero-order valence-electron chi connectivity index (χ0n) is 16.4. The zero-order chi connectivity index (χ0) is 19.9. The number of rotatable bonds is 4. The van der Waals surface area contributed by atoms with Crippen molar-refractivity contribution in [1.29, 1.82) is 0 Å². The number of hydrogen-bond acceptors (Lipinski definition) is 2. The first kappa shape index (κ1) is 19.7. The molecule has 2 unspecified atom stereocenters. The lowest BCUT2D eigenvalue weighted by atomic mass is 9.91. The monoisotopic (exact) mass is 380 g/mol. The van der Waals surface area contributed by atoms with Gasteiger partial charge in [0.1, 0.15) is 0 Å². The summed E-state index contributed by atoms with van der Waals surface area (Å²) >= 11 is 0. The van der Waals surface area contributed by atoms with E-state index in [0.717, 1.165) is 48.2 Å². The molecule has 0 aliphatic heterocycles. The minimum absolute atomic E-state index is 0.0443. The van der Waals surface area contributed by atoms with Crippen molar-refractivity contribution in [3.63, 3.8) is 0 Å². The van der Waals surface area contributed by atoms with Gasteiger partial charge in [0.2, 0.25) is 0 Å². The Morgan fingerprint density at radius 2 is 1.25 bits per heavy atom. The molecule has 0 heterocycles. The first-order valence-electron chi connectivity index (χ1n) is 9.76. The van der Waals surface area contributed by atoms with Gasteiger partial charge in [-0.05, 0) is 74.9 Å². The van der Waals surface area contributed by atoms with Gasteiger partial charge in [0, 0.05) is 23.5 Å². The molecule has 4 amide bonds. The third-order valence-corrected chi connectivity index (χ3v) is 4.90. The number of nitrogens with one attached hydrogen (secondary N) is 4. The van der Waals surface area contributed by atoms with Crippen molar-refractivity contribution >= 4 is 23.4 Å². The molecule has 1 aliphatic rings. The molecule has 0 spiro atoms. The highest BCUT2D eigenvalue weighted by Crippen LogP contribution is 2.19. The van der Waals surface area contributed by atoms with E-state index in [4.69, 9.17) is 0 Å². The van der Waals surface area contributed by atoms with E-state index in [9.17, 15) is 9.59 Å². The molecule has 4 N–H and O–H groups in total. The van der Waals surface area contributed by atoms with Gasteiger partial charge < -0.3 is 21.3 Å². The number of aryl methyl sites for hydroxylation is 2. The number of benzene rings is 2. The summed E-state index contributed by atoms with van der Waals surface area (Å²) in [5, 5.41) is 11.8.